The van der Waals surface area contributed by atoms with E-state index in [1.54, 1.807) is 6.08 Å². The normalized spacial score (nSPS) is 11.4. The summed E-state index contributed by atoms with van der Waals surface area (Å²) in [5, 5.41) is 17.4. The molecule has 0 spiro atoms. The first-order chi connectivity index (χ1) is 7.31. The van der Waals surface area contributed by atoms with Crippen molar-refractivity contribution in [3.8, 4) is 12.1 Å². The summed E-state index contributed by atoms with van der Waals surface area (Å²) in [6.07, 6.45) is 2.30. The zero-order chi connectivity index (χ0) is 11.1. The molecule has 15 heavy (non-hydrogen) atoms. The maximum Gasteiger partial charge on any atom is 0.134 e. The Balaban J connectivity index is 2.79. The third-order valence-electron chi connectivity index (χ3n) is 2.31. The van der Waals surface area contributed by atoms with Crippen molar-refractivity contribution in [2.24, 2.45) is 5.92 Å². The minimum Gasteiger partial charge on any atom is -0.197 e. The number of hydrogen-bond acceptors (Lipinski definition) is 2. The summed E-state index contributed by atoms with van der Waals surface area (Å²) in [6.45, 7) is 3.74. The van der Waals surface area contributed by atoms with Crippen LogP contribution >= 0.6 is 0 Å². The van der Waals surface area contributed by atoms with E-state index >= 15 is 0 Å². The van der Waals surface area contributed by atoms with Gasteiger partial charge in [0, 0.05) is 5.92 Å². The molecule has 0 aliphatic heterocycles. The number of nitriles is 2. The van der Waals surface area contributed by atoms with Crippen molar-refractivity contribution < 1.29 is 0 Å². The Morgan fingerprint density at radius 1 is 1.20 bits per heavy atom. The van der Waals surface area contributed by atoms with E-state index in [0.717, 1.165) is 5.56 Å². The Bertz CT molecular complexity index is 381. The van der Waals surface area contributed by atoms with E-state index in [1.165, 1.54) is 0 Å². The lowest BCUT2D eigenvalue weighted by molar-refractivity contribution is 0.668. The molecule has 0 aliphatic carbocycles. The highest BCUT2D eigenvalue weighted by Gasteiger charge is 2.14. The van der Waals surface area contributed by atoms with Crippen molar-refractivity contribution in [3.63, 3.8) is 0 Å². The SMILES string of the molecule is C=CC(CC(C#N)C#N)c1ccccc1. The zero-order valence-electron chi connectivity index (χ0n) is 8.43. The van der Waals surface area contributed by atoms with Gasteiger partial charge in [-0.15, -0.1) is 6.58 Å². The number of allylic oxidation sites excluding steroid dienone is 1. The molecular weight excluding hydrogens is 184 g/mol. The lowest BCUT2D eigenvalue weighted by Gasteiger charge is -2.12. The molecule has 1 aromatic carbocycles. The second kappa shape index (κ2) is 5.62. The second-order valence-corrected chi connectivity index (χ2v) is 3.30. The predicted octanol–water partition coefficient (Wildman–Crippen LogP) is 3.01. The van der Waals surface area contributed by atoms with Gasteiger partial charge >= 0.3 is 0 Å². The molecule has 0 heterocycles. The van der Waals surface area contributed by atoms with E-state index in [2.05, 4.69) is 6.58 Å². The van der Waals surface area contributed by atoms with E-state index in [-0.39, 0.29) is 5.92 Å². The zero-order valence-corrected chi connectivity index (χ0v) is 8.43. The van der Waals surface area contributed by atoms with Crippen LogP contribution in [0.15, 0.2) is 43.0 Å². The van der Waals surface area contributed by atoms with Crippen molar-refractivity contribution in [2.45, 2.75) is 12.3 Å². The van der Waals surface area contributed by atoms with Gasteiger partial charge in [-0.2, -0.15) is 10.5 Å². The molecule has 0 saturated carbocycles. The predicted molar refractivity (Wildman–Crippen MR) is 58.7 cm³/mol. The Labute approximate surface area is 90.1 Å². The number of hydrogen-bond donors (Lipinski definition) is 0. The van der Waals surface area contributed by atoms with E-state index in [0.29, 0.717) is 6.42 Å². The van der Waals surface area contributed by atoms with Crippen molar-refractivity contribution in [1.29, 1.82) is 10.5 Å². The van der Waals surface area contributed by atoms with Crippen LogP contribution < -0.4 is 0 Å². The molecule has 0 aliphatic rings. The Morgan fingerprint density at radius 2 is 1.80 bits per heavy atom. The fraction of sp³-hybridized carbons (Fsp3) is 0.231. The van der Waals surface area contributed by atoms with Crippen LogP contribution in [0.5, 0.6) is 0 Å². The van der Waals surface area contributed by atoms with Crippen LogP contribution in [-0.4, -0.2) is 0 Å². The van der Waals surface area contributed by atoms with Crippen LogP contribution in [0.25, 0.3) is 0 Å². The minimum atomic E-state index is -0.562. The fourth-order valence-corrected chi connectivity index (χ4v) is 1.46. The average Bonchev–Trinajstić information content (AvgIpc) is 2.32. The summed E-state index contributed by atoms with van der Waals surface area (Å²) in [7, 11) is 0. The largest absolute Gasteiger partial charge is 0.197 e. The molecule has 0 fully saturated rings. The van der Waals surface area contributed by atoms with E-state index in [9.17, 15) is 0 Å². The molecule has 0 aromatic heterocycles. The molecule has 74 valence electrons. The van der Waals surface area contributed by atoms with Gasteiger partial charge in [-0.3, -0.25) is 0 Å². The third-order valence-corrected chi connectivity index (χ3v) is 2.31. The smallest absolute Gasteiger partial charge is 0.134 e. The molecule has 1 unspecified atom stereocenters. The van der Waals surface area contributed by atoms with Crippen LogP contribution in [0.1, 0.15) is 17.9 Å². The van der Waals surface area contributed by atoms with Crippen molar-refractivity contribution in [2.75, 3.05) is 0 Å². The summed E-state index contributed by atoms with van der Waals surface area (Å²) < 4.78 is 0. The number of benzene rings is 1. The van der Waals surface area contributed by atoms with Crippen LogP contribution in [0.2, 0.25) is 0 Å². The minimum absolute atomic E-state index is 0.0792. The van der Waals surface area contributed by atoms with Gasteiger partial charge in [0.15, 0.2) is 0 Å². The third kappa shape index (κ3) is 2.97. The quantitative estimate of drug-likeness (QED) is 0.695. The summed E-state index contributed by atoms with van der Waals surface area (Å²) >= 11 is 0. The lowest BCUT2D eigenvalue weighted by Crippen LogP contribution is -2.02. The Morgan fingerprint density at radius 3 is 2.27 bits per heavy atom. The van der Waals surface area contributed by atoms with Gasteiger partial charge in [0.1, 0.15) is 5.92 Å². The molecule has 2 heteroatoms. The first-order valence-electron chi connectivity index (χ1n) is 4.78. The van der Waals surface area contributed by atoms with Gasteiger partial charge in [-0.25, -0.2) is 0 Å². The van der Waals surface area contributed by atoms with Crippen LogP contribution in [0.4, 0.5) is 0 Å². The molecule has 1 rings (SSSR count). The van der Waals surface area contributed by atoms with Gasteiger partial charge in [0.2, 0.25) is 0 Å². The molecule has 0 radical (unpaired) electrons. The highest BCUT2D eigenvalue weighted by Crippen LogP contribution is 2.24. The van der Waals surface area contributed by atoms with E-state index in [1.807, 2.05) is 42.5 Å². The standard InChI is InChI=1S/C13H12N2/c1-2-12(8-11(9-14)10-15)13-6-4-3-5-7-13/h2-7,11-12H,1,8H2. The monoisotopic (exact) mass is 196 g/mol. The number of rotatable bonds is 4. The Kier molecular flexibility index (Phi) is 4.13. The summed E-state index contributed by atoms with van der Waals surface area (Å²) in [5.41, 5.74) is 1.10. The average molecular weight is 196 g/mol. The maximum absolute atomic E-state index is 8.71. The summed E-state index contributed by atoms with van der Waals surface area (Å²) in [6, 6.07) is 13.8. The molecule has 0 saturated heterocycles. The van der Waals surface area contributed by atoms with E-state index < -0.39 is 5.92 Å². The van der Waals surface area contributed by atoms with Crippen molar-refractivity contribution in [1.82, 2.24) is 0 Å². The number of nitrogens with zero attached hydrogens (tertiary/aromatic N) is 2. The van der Waals surface area contributed by atoms with Gasteiger partial charge in [0.25, 0.3) is 0 Å². The van der Waals surface area contributed by atoms with E-state index in [4.69, 9.17) is 10.5 Å². The van der Waals surface area contributed by atoms with Crippen LogP contribution in [-0.2, 0) is 0 Å². The highest BCUT2D eigenvalue weighted by atomic mass is 14.3. The topological polar surface area (TPSA) is 47.6 Å². The first-order valence-corrected chi connectivity index (χ1v) is 4.78. The van der Waals surface area contributed by atoms with Crippen molar-refractivity contribution in [3.05, 3.63) is 48.6 Å². The van der Waals surface area contributed by atoms with Gasteiger partial charge in [-0.1, -0.05) is 36.4 Å². The van der Waals surface area contributed by atoms with Crippen LogP contribution in [0.3, 0.4) is 0 Å². The Hall–Kier alpha value is -2.06. The molecule has 2 nitrogen and oxygen atoms in total. The molecule has 1 aromatic rings. The first kappa shape index (κ1) is 11.0. The lowest BCUT2D eigenvalue weighted by atomic mass is 9.90. The molecule has 1 atom stereocenters. The summed E-state index contributed by atoms with van der Waals surface area (Å²) in [5.74, 6) is -0.483. The highest BCUT2D eigenvalue weighted by molar-refractivity contribution is 5.24. The molecule has 0 N–H and O–H groups in total. The van der Waals surface area contributed by atoms with Gasteiger partial charge in [0.05, 0.1) is 12.1 Å². The van der Waals surface area contributed by atoms with Crippen molar-refractivity contribution >= 4 is 0 Å². The maximum atomic E-state index is 8.71. The molecular formula is C13H12N2. The molecule has 0 bridgehead atoms. The van der Waals surface area contributed by atoms with Gasteiger partial charge in [-0.05, 0) is 12.0 Å². The second-order valence-electron chi connectivity index (χ2n) is 3.30. The fourth-order valence-electron chi connectivity index (χ4n) is 1.46. The summed E-state index contributed by atoms with van der Waals surface area (Å²) in [4.78, 5) is 0. The molecule has 0 amide bonds. The van der Waals surface area contributed by atoms with Gasteiger partial charge < -0.3 is 0 Å². The van der Waals surface area contributed by atoms with Crippen LogP contribution in [0, 0.1) is 28.6 Å².